The van der Waals surface area contributed by atoms with E-state index in [1.165, 1.54) is 11.3 Å². The normalized spacial score (nSPS) is 11.8. The molecule has 0 aliphatic rings. The lowest BCUT2D eigenvalue weighted by molar-refractivity contribution is -0.174. The number of nitrogens with zero attached hydrogens (tertiary/aromatic N) is 1. The van der Waals surface area contributed by atoms with Crippen molar-refractivity contribution in [1.29, 1.82) is 0 Å². The molecule has 0 fully saturated rings. The lowest BCUT2D eigenvalue weighted by Gasteiger charge is -2.06. The number of amides is 1. The molecule has 8 heteroatoms. The molecule has 2 aromatic rings. The fraction of sp³-hybridized carbons (Fsp3) is 0.385. The molecule has 114 valence electrons. The Morgan fingerprint density at radius 1 is 1.43 bits per heavy atom. The molecule has 1 N–H and O–H groups in total. The first kappa shape index (κ1) is 15.7. The molecule has 0 aliphatic heterocycles. The Hall–Kier alpha value is -1.67. The molecule has 21 heavy (non-hydrogen) atoms. The molecule has 0 saturated carbocycles. The minimum atomic E-state index is -4.37. The third-order valence-electron chi connectivity index (χ3n) is 2.53. The van der Waals surface area contributed by atoms with Crippen molar-refractivity contribution in [3.05, 3.63) is 23.8 Å². The van der Waals surface area contributed by atoms with E-state index in [0.29, 0.717) is 5.13 Å². The minimum absolute atomic E-state index is 0.148. The summed E-state index contributed by atoms with van der Waals surface area (Å²) in [6.45, 7) is 0.325. The first-order valence-electron chi connectivity index (χ1n) is 6.15. The maximum absolute atomic E-state index is 11.8. The summed E-state index contributed by atoms with van der Waals surface area (Å²) >= 11 is 1.32. The van der Waals surface area contributed by atoms with Crippen LogP contribution in [0.25, 0.3) is 10.2 Å². The molecule has 0 aliphatic carbocycles. The van der Waals surface area contributed by atoms with Crippen LogP contribution in [0.15, 0.2) is 18.2 Å². The highest BCUT2D eigenvalue weighted by molar-refractivity contribution is 7.22. The van der Waals surface area contributed by atoms with E-state index in [0.717, 1.165) is 15.8 Å². The van der Waals surface area contributed by atoms with Gasteiger partial charge in [-0.2, -0.15) is 13.2 Å². The molecule has 1 aromatic heterocycles. The van der Waals surface area contributed by atoms with Gasteiger partial charge in [-0.25, -0.2) is 4.98 Å². The third-order valence-corrected chi connectivity index (χ3v) is 3.46. The monoisotopic (exact) mass is 318 g/mol. The van der Waals surface area contributed by atoms with E-state index in [1.54, 1.807) is 0 Å². The lowest BCUT2D eigenvalue weighted by atomic mass is 10.2. The van der Waals surface area contributed by atoms with Crippen LogP contribution in [0.5, 0.6) is 0 Å². The van der Waals surface area contributed by atoms with E-state index in [1.807, 2.05) is 25.1 Å². The number of halogens is 3. The highest BCUT2D eigenvalue weighted by Crippen LogP contribution is 2.26. The maximum atomic E-state index is 11.8. The second kappa shape index (κ2) is 6.40. The van der Waals surface area contributed by atoms with Crippen LogP contribution in [0.4, 0.5) is 18.3 Å². The van der Waals surface area contributed by atoms with Crippen LogP contribution in [-0.2, 0) is 9.53 Å². The number of carbonyl (C=O) groups is 1. The predicted octanol–water partition coefficient (Wildman–Crippen LogP) is 3.51. The van der Waals surface area contributed by atoms with E-state index in [2.05, 4.69) is 15.0 Å². The van der Waals surface area contributed by atoms with Gasteiger partial charge >= 0.3 is 6.18 Å². The number of hydrogen-bond acceptors (Lipinski definition) is 4. The summed E-state index contributed by atoms with van der Waals surface area (Å²) in [4.78, 5) is 15.8. The van der Waals surface area contributed by atoms with Gasteiger partial charge in [0, 0.05) is 0 Å². The number of anilines is 1. The lowest BCUT2D eigenvalue weighted by Crippen LogP contribution is -2.20. The third kappa shape index (κ3) is 4.98. The average molecular weight is 318 g/mol. The highest BCUT2D eigenvalue weighted by atomic mass is 32.1. The zero-order chi connectivity index (χ0) is 15.5. The first-order valence-corrected chi connectivity index (χ1v) is 6.97. The van der Waals surface area contributed by atoms with Crippen molar-refractivity contribution in [3.8, 4) is 0 Å². The highest BCUT2D eigenvalue weighted by Gasteiger charge is 2.27. The van der Waals surface area contributed by atoms with E-state index < -0.39 is 18.7 Å². The fourth-order valence-corrected chi connectivity index (χ4v) is 2.60. The second-order valence-electron chi connectivity index (χ2n) is 4.46. The molecule has 2 rings (SSSR count). The van der Waals surface area contributed by atoms with Gasteiger partial charge in [-0.05, 0) is 24.6 Å². The Balaban J connectivity index is 1.84. The number of carbonyl (C=O) groups excluding carboxylic acids is 1. The van der Waals surface area contributed by atoms with Crippen LogP contribution in [-0.4, -0.2) is 30.3 Å². The van der Waals surface area contributed by atoms with Gasteiger partial charge in [0.15, 0.2) is 5.13 Å². The van der Waals surface area contributed by atoms with Crippen molar-refractivity contribution in [1.82, 2.24) is 4.98 Å². The molecular formula is C13H13F3N2O2S. The van der Waals surface area contributed by atoms with Crippen molar-refractivity contribution in [2.75, 3.05) is 18.5 Å². The smallest absolute Gasteiger partial charge is 0.372 e. The van der Waals surface area contributed by atoms with Crippen molar-refractivity contribution >= 4 is 32.6 Å². The molecule has 1 heterocycles. The molecule has 0 spiro atoms. The zero-order valence-corrected chi connectivity index (χ0v) is 12.0. The van der Waals surface area contributed by atoms with Crippen molar-refractivity contribution < 1.29 is 22.7 Å². The molecular weight excluding hydrogens is 305 g/mol. The van der Waals surface area contributed by atoms with Gasteiger partial charge in [-0.3, -0.25) is 4.79 Å². The summed E-state index contributed by atoms with van der Waals surface area (Å²) in [5.41, 5.74) is 1.86. The van der Waals surface area contributed by atoms with Gasteiger partial charge in [0.05, 0.1) is 23.2 Å². The summed E-state index contributed by atoms with van der Waals surface area (Å²) in [6, 6.07) is 5.72. The standard InChI is InChI=1S/C13H13F3N2O2S/c1-8-2-3-9-10(6-8)21-12(17-9)18-11(19)4-5-20-7-13(14,15)16/h2-3,6H,4-5,7H2,1H3,(H,17,18,19). The molecule has 1 amide bonds. The molecule has 0 bridgehead atoms. The van der Waals surface area contributed by atoms with Gasteiger partial charge in [0.2, 0.25) is 5.91 Å². The Kier molecular flexibility index (Phi) is 4.79. The summed E-state index contributed by atoms with van der Waals surface area (Å²) < 4.78 is 40.9. The predicted molar refractivity (Wildman–Crippen MR) is 74.5 cm³/mol. The van der Waals surface area contributed by atoms with Crippen LogP contribution in [0.3, 0.4) is 0 Å². The van der Waals surface area contributed by atoms with Crippen LogP contribution in [0.2, 0.25) is 0 Å². The largest absolute Gasteiger partial charge is 0.411 e. The maximum Gasteiger partial charge on any atom is 0.411 e. The van der Waals surface area contributed by atoms with Crippen LogP contribution in [0, 0.1) is 6.92 Å². The van der Waals surface area contributed by atoms with Gasteiger partial charge in [-0.1, -0.05) is 17.4 Å². The van der Waals surface area contributed by atoms with Gasteiger partial charge in [0.25, 0.3) is 0 Å². The summed E-state index contributed by atoms with van der Waals surface area (Å²) in [5, 5.41) is 2.98. The van der Waals surface area contributed by atoms with Gasteiger partial charge in [0.1, 0.15) is 6.61 Å². The van der Waals surface area contributed by atoms with E-state index >= 15 is 0 Å². The Bertz CT molecular complexity index is 640. The number of aromatic nitrogens is 1. The molecule has 4 nitrogen and oxygen atoms in total. The van der Waals surface area contributed by atoms with E-state index in [-0.39, 0.29) is 13.0 Å². The van der Waals surface area contributed by atoms with Crippen molar-refractivity contribution in [2.24, 2.45) is 0 Å². The summed E-state index contributed by atoms with van der Waals surface area (Å²) in [7, 11) is 0. The van der Waals surface area contributed by atoms with Gasteiger partial charge in [-0.15, -0.1) is 0 Å². The number of fused-ring (bicyclic) bond motifs is 1. The molecule has 1 aromatic carbocycles. The average Bonchev–Trinajstić information content (AvgIpc) is 2.74. The number of benzene rings is 1. The number of rotatable bonds is 5. The van der Waals surface area contributed by atoms with E-state index in [9.17, 15) is 18.0 Å². The number of aryl methyl sites for hydroxylation is 1. The SMILES string of the molecule is Cc1ccc2nc(NC(=O)CCOCC(F)(F)F)sc2c1. The van der Waals surface area contributed by atoms with Crippen LogP contribution in [0.1, 0.15) is 12.0 Å². The first-order chi connectivity index (χ1) is 9.83. The number of nitrogens with one attached hydrogen (secondary N) is 1. The summed E-state index contributed by atoms with van der Waals surface area (Å²) in [6.07, 6.45) is -4.52. The number of ether oxygens (including phenoxy) is 1. The second-order valence-corrected chi connectivity index (χ2v) is 5.49. The Labute approximate surface area is 122 Å². The molecule has 0 radical (unpaired) electrons. The topological polar surface area (TPSA) is 51.2 Å². The quantitative estimate of drug-likeness (QED) is 0.858. The minimum Gasteiger partial charge on any atom is -0.372 e. The van der Waals surface area contributed by atoms with Crippen molar-refractivity contribution in [3.63, 3.8) is 0 Å². The number of hydrogen-bond donors (Lipinski definition) is 1. The molecule has 0 atom stereocenters. The van der Waals surface area contributed by atoms with Gasteiger partial charge < -0.3 is 10.1 Å². The Morgan fingerprint density at radius 2 is 2.19 bits per heavy atom. The van der Waals surface area contributed by atoms with E-state index in [4.69, 9.17) is 0 Å². The fourth-order valence-electron chi connectivity index (χ4n) is 1.62. The van der Waals surface area contributed by atoms with Crippen LogP contribution >= 0.6 is 11.3 Å². The number of thiazole rings is 1. The number of alkyl halides is 3. The summed E-state index contributed by atoms with van der Waals surface area (Å²) in [5.74, 6) is -0.423. The molecule has 0 unspecified atom stereocenters. The van der Waals surface area contributed by atoms with Crippen molar-refractivity contribution in [2.45, 2.75) is 19.5 Å². The molecule has 0 saturated heterocycles. The Morgan fingerprint density at radius 3 is 2.90 bits per heavy atom. The zero-order valence-electron chi connectivity index (χ0n) is 11.2. The van der Waals surface area contributed by atoms with Crippen LogP contribution < -0.4 is 5.32 Å².